The monoisotopic (exact) mass is 393 g/mol. The Bertz CT molecular complexity index is 984. The van der Waals surface area contributed by atoms with Crippen molar-refractivity contribution in [2.45, 2.75) is 25.8 Å². The zero-order chi connectivity index (χ0) is 20.2. The zero-order valence-corrected chi connectivity index (χ0v) is 16.2. The summed E-state index contributed by atoms with van der Waals surface area (Å²) < 4.78 is 5.67. The Morgan fingerprint density at radius 2 is 2.03 bits per heavy atom. The molecule has 3 heterocycles. The molecule has 1 fully saturated rings. The third-order valence-corrected chi connectivity index (χ3v) is 5.10. The molecule has 4 rings (SSSR count). The highest BCUT2D eigenvalue weighted by Gasteiger charge is 2.25. The van der Waals surface area contributed by atoms with E-state index in [1.807, 2.05) is 25.1 Å². The van der Waals surface area contributed by atoms with E-state index in [-0.39, 0.29) is 11.7 Å². The number of anilines is 1. The first kappa shape index (κ1) is 19.1. The van der Waals surface area contributed by atoms with Crippen LogP contribution in [0, 0.1) is 17.0 Å². The van der Waals surface area contributed by atoms with Gasteiger partial charge in [0.2, 0.25) is 0 Å². The van der Waals surface area contributed by atoms with Crippen LogP contribution in [0.25, 0.3) is 11.4 Å². The molecule has 1 aliphatic rings. The van der Waals surface area contributed by atoms with Gasteiger partial charge in [-0.3, -0.25) is 15.0 Å². The van der Waals surface area contributed by atoms with Gasteiger partial charge in [-0.1, -0.05) is 12.1 Å². The second-order valence-corrected chi connectivity index (χ2v) is 7.18. The molecule has 0 bridgehead atoms. The lowest BCUT2D eigenvalue weighted by Crippen LogP contribution is -2.31. The fourth-order valence-corrected chi connectivity index (χ4v) is 3.69. The predicted octanol–water partition coefficient (Wildman–Crippen LogP) is 4.20. The molecule has 150 valence electrons. The summed E-state index contributed by atoms with van der Waals surface area (Å²) in [5.74, 6) is 2.09. The van der Waals surface area contributed by atoms with Crippen LogP contribution < -0.4 is 5.32 Å². The molecule has 0 aliphatic carbocycles. The average Bonchev–Trinajstić information content (AvgIpc) is 3.43. The number of hydrogen-bond donors (Lipinski definition) is 1. The molecule has 3 aromatic rings. The van der Waals surface area contributed by atoms with Crippen LogP contribution in [0.15, 0.2) is 53.1 Å². The van der Waals surface area contributed by atoms with Crippen molar-refractivity contribution in [2.75, 3.05) is 25.0 Å². The molecule has 1 aromatic carbocycles. The van der Waals surface area contributed by atoms with E-state index in [0.29, 0.717) is 23.8 Å². The lowest BCUT2D eigenvalue weighted by Gasteiger charge is -2.26. The fraction of sp³-hybridized carbons (Fsp3) is 0.333. The van der Waals surface area contributed by atoms with Crippen LogP contribution in [-0.4, -0.2) is 39.4 Å². The van der Waals surface area contributed by atoms with Crippen molar-refractivity contribution in [3.05, 3.63) is 70.3 Å². The van der Waals surface area contributed by atoms with Crippen molar-refractivity contribution in [3.8, 4) is 11.4 Å². The van der Waals surface area contributed by atoms with Gasteiger partial charge >= 0.3 is 0 Å². The molecule has 2 aromatic heterocycles. The number of furan rings is 1. The van der Waals surface area contributed by atoms with E-state index in [2.05, 4.69) is 20.2 Å². The van der Waals surface area contributed by atoms with E-state index in [0.717, 1.165) is 24.5 Å². The molecular weight excluding hydrogens is 370 g/mol. The van der Waals surface area contributed by atoms with Crippen molar-refractivity contribution >= 4 is 11.5 Å². The molecule has 8 heteroatoms. The topological polar surface area (TPSA) is 97.3 Å². The lowest BCUT2D eigenvalue weighted by atomic mass is 10.2. The Balaban J connectivity index is 1.56. The average molecular weight is 393 g/mol. The molecule has 1 saturated heterocycles. The number of benzene rings is 1. The second-order valence-electron chi connectivity index (χ2n) is 7.18. The largest absolute Gasteiger partial charge is 0.468 e. The maximum atomic E-state index is 11.1. The number of nitrogens with one attached hydrogen (secondary N) is 1. The highest BCUT2D eigenvalue weighted by molar-refractivity contribution is 5.61. The van der Waals surface area contributed by atoms with Crippen molar-refractivity contribution in [2.24, 2.45) is 0 Å². The molecule has 1 aliphatic heterocycles. The fourth-order valence-electron chi connectivity index (χ4n) is 3.69. The van der Waals surface area contributed by atoms with Gasteiger partial charge in [0, 0.05) is 36.0 Å². The van der Waals surface area contributed by atoms with Crippen LogP contribution >= 0.6 is 0 Å². The van der Waals surface area contributed by atoms with E-state index in [4.69, 9.17) is 4.42 Å². The van der Waals surface area contributed by atoms with Crippen molar-refractivity contribution in [3.63, 3.8) is 0 Å². The zero-order valence-electron chi connectivity index (χ0n) is 16.2. The Labute approximate surface area is 168 Å². The van der Waals surface area contributed by atoms with E-state index in [1.165, 1.54) is 25.0 Å². The SMILES string of the molecule is Cc1cc(NCC(c2ccco2)N2CCCC2)nc(-c2cccc([N+](=O)[O-])c2)n1. The van der Waals surface area contributed by atoms with Gasteiger partial charge in [-0.05, 0) is 45.0 Å². The molecule has 0 radical (unpaired) electrons. The Morgan fingerprint density at radius 1 is 1.21 bits per heavy atom. The molecule has 1 atom stereocenters. The smallest absolute Gasteiger partial charge is 0.270 e. The van der Waals surface area contributed by atoms with Crippen LogP contribution in [0.2, 0.25) is 0 Å². The number of nitrogens with zero attached hydrogens (tertiary/aromatic N) is 4. The molecule has 0 saturated carbocycles. The van der Waals surface area contributed by atoms with Crippen LogP contribution in [0.1, 0.15) is 30.3 Å². The normalized spacial score (nSPS) is 15.3. The first-order chi connectivity index (χ1) is 14.1. The van der Waals surface area contributed by atoms with Gasteiger partial charge in [-0.15, -0.1) is 0 Å². The van der Waals surface area contributed by atoms with Crippen LogP contribution in [0.3, 0.4) is 0 Å². The van der Waals surface area contributed by atoms with Gasteiger partial charge in [0.05, 0.1) is 17.2 Å². The van der Waals surface area contributed by atoms with Crippen LogP contribution in [0.4, 0.5) is 11.5 Å². The van der Waals surface area contributed by atoms with Crippen LogP contribution in [0.5, 0.6) is 0 Å². The first-order valence-electron chi connectivity index (χ1n) is 9.72. The molecule has 0 amide bonds. The van der Waals surface area contributed by atoms with Crippen LogP contribution in [-0.2, 0) is 0 Å². The Morgan fingerprint density at radius 3 is 2.76 bits per heavy atom. The molecule has 29 heavy (non-hydrogen) atoms. The molecule has 1 N–H and O–H groups in total. The number of likely N-dealkylation sites (tertiary alicyclic amines) is 1. The van der Waals surface area contributed by atoms with Gasteiger partial charge in [0.1, 0.15) is 11.6 Å². The van der Waals surface area contributed by atoms with Crippen molar-refractivity contribution < 1.29 is 9.34 Å². The van der Waals surface area contributed by atoms with E-state index >= 15 is 0 Å². The van der Waals surface area contributed by atoms with E-state index in [1.54, 1.807) is 18.4 Å². The first-order valence-corrected chi connectivity index (χ1v) is 9.72. The third kappa shape index (κ3) is 4.43. The number of nitro groups is 1. The van der Waals surface area contributed by atoms with Gasteiger partial charge in [-0.25, -0.2) is 9.97 Å². The van der Waals surface area contributed by atoms with Gasteiger partial charge in [-0.2, -0.15) is 0 Å². The number of non-ortho nitro benzene ring substituents is 1. The minimum Gasteiger partial charge on any atom is -0.468 e. The summed E-state index contributed by atoms with van der Waals surface area (Å²) in [6.45, 7) is 4.64. The molecular formula is C21H23N5O3. The molecule has 0 spiro atoms. The number of nitro benzene ring substituents is 1. The van der Waals surface area contributed by atoms with Gasteiger partial charge in [0.15, 0.2) is 5.82 Å². The maximum Gasteiger partial charge on any atom is 0.270 e. The third-order valence-electron chi connectivity index (χ3n) is 5.10. The summed E-state index contributed by atoms with van der Waals surface area (Å²) in [7, 11) is 0. The number of aryl methyl sites for hydroxylation is 1. The van der Waals surface area contributed by atoms with Crippen molar-refractivity contribution in [1.29, 1.82) is 0 Å². The quantitative estimate of drug-likeness (QED) is 0.474. The molecule has 1 unspecified atom stereocenters. The van der Waals surface area contributed by atoms with E-state index < -0.39 is 4.92 Å². The summed E-state index contributed by atoms with van der Waals surface area (Å²) in [4.78, 5) is 22.1. The number of aromatic nitrogens is 2. The van der Waals surface area contributed by atoms with E-state index in [9.17, 15) is 10.1 Å². The summed E-state index contributed by atoms with van der Waals surface area (Å²) in [5.41, 5.74) is 1.43. The summed E-state index contributed by atoms with van der Waals surface area (Å²) in [6, 6.07) is 12.3. The van der Waals surface area contributed by atoms with Crippen molar-refractivity contribution in [1.82, 2.24) is 14.9 Å². The minimum absolute atomic E-state index is 0.0223. The molecule has 8 nitrogen and oxygen atoms in total. The summed E-state index contributed by atoms with van der Waals surface area (Å²) >= 11 is 0. The summed E-state index contributed by atoms with van der Waals surface area (Å²) in [5, 5.41) is 14.5. The predicted molar refractivity (Wildman–Crippen MR) is 110 cm³/mol. The highest BCUT2D eigenvalue weighted by Crippen LogP contribution is 2.27. The second kappa shape index (κ2) is 8.40. The lowest BCUT2D eigenvalue weighted by molar-refractivity contribution is -0.384. The standard InChI is InChI=1S/C21H23N5O3/c1-15-12-20(24-21(23-15)16-6-4-7-17(13-16)26(27)28)22-14-18(19-8-5-11-29-19)25-9-2-3-10-25/h4-8,11-13,18H,2-3,9-10,14H2,1H3,(H,22,23,24). The highest BCUT2D eigenvalue weighted by atomic mass is 16.6. The summed E-state index contributed by atoms with van der Waals surface area (Å²) in [6.07, 6.45) is 4.09. The van der Waals surface area contributed by atoms with Gasteiger partial charge in [0.25, 0.3) is 5.69 Å². The number of hydrogen-bond acceptors (Lipinski definition) is 7. The Kier molecular flexibility index (Phi) is 5.53. The number of rotatable bonds is 7. The Hall–Kier alpha value is -3.26. The maximum absolute atomic E-state index is 11.1. The minimum atomic E-state index is -0.414. The van der Waals surface area contributed by atoms with Gasteiger partial charge < -0.3 is 9.73 Å².